The van der Waals surface area contributed by atoms with Crippen LogP contribution in [0, 0.1) is 6.92 Å². The highest BCUT2D eigenvalue weighted by molar-refractivity contribution is 7.20. The number of morpholine rings is 1. The number of aryl methyl sites for hydroxylation is 1. The number of quaternary nitrogens is 1. The van der Waals surface area contributed by atoms with Crippen LogP contribution < -0.4 is 10.2 Å². The highest BCUT2D eigenvalue weighted by Gasteiger charge is 2.24. The third-order valence-corrected chi connectivity index (χ3v) is 6.59. The average Bonchev–Trinajstić information content (AvgIpc) is 3.35. The van der Waals surface area contributed by atoms with Gasteiger partial charge in [0.1, 0.15) is 35.2 Å². The fourth-order valence-corrected chi connectivity index (χ4v) is 4.95. The number of nitrogens with zero attached hydrogens (tertiary/aromatic N) is 2. The number of rotatable bonds is 7. The van der Waals surface area contributed by atoms with E-state index in [1.54, 1.807) is 0 Å². The van der Waals surface area contributed by atoms with Gasteiger partial charge in [-0.25, -0.2) is 14.8 Å². The zero-order valence-corrected chi connectivity index (χ0v) is 17.9. The Morgan fingerprint density at radius 2 is 2.14 bits per heavy atom. The summed E-state index contributed by atoms with van der Waals surface area (Å²) in [4.78, 5) is 24.9. The van der Waals surface area contributed by atoms with Crippen molar-refractivity contribution in [3.05, 3.63) is 16.3 Å². The zero-order chi connectivity index (χ0) is 20.2. The van der Waals surface area contributed by atoms with Crippen LogP contribution in [0.3, 0.4) is 0 Å². The lowest BCUT2D eigenvalue weighted by Crippen LogP contribution is -3.12. The van der Waals surface area contributed by atoms with Gasteiger partial charge in [-0.3, -0.25) is 0 Å². The van der Waals surface area contributed by atoms with Crippen molar-refractivity contribution >= 4 is 33.3 Å². The number of carbonyl (C=O) groups excluding carboxylic acids is 1. The molecule has 0 bridgehead atoms. The molecule has 0 saturated carbocycles. The molecular weight excluding hydrogens is 392 g/mol. The summed E-state index contributed by atoms with van der Waals surface area (Å²) in [6.07, 6.45) is 2.36. The van der Waals surface area contributed by atoms with Crippen LogP contribution in [0.1, 0.15) is 40.8 Å². The standard InChI is InChI=1S/C20H28N4O4S/c1-3-27-20(25)17-13(2)16-18(21-11-14-5-4-8-28-14)22-15(23-19(16)29-17)12-24-6-9-26-10-7-24/h14H,3-12H2,1-2H3,(H,21,22,23)/p+1/t14-/m0/s1. The van der Waals surface area contributed by atoms with Crippen molar-refractivity contribution in [2.24, 2.45) is 0 Å². The van der Waals surface area contributed by atoms with Crippen molar-refractivity contribution in [3.63, 3.8) is 0 Å². The minimum Gasteiger partial charge on any atom is -0.462 e. The molecule has 4 rings (SSSR count). The summed E-state index contributed by atoms with van der Waals surface area (Å²) in [5, 5.41) is 4.39. The van der Waals surface area contributed by atoms with Gasteiger partial charge in [-0.05, 0) is 32.3 Å². The molecule has 2 aromatic heterocycles. The van der Waals surface area contributed by atoms with Gasteiger partial charge in [0.05, 0.1) is 31.3 Å². The maximum Gasteiger partial charge on any atom is 0.348 e. The maximum absolute atomic E-state index is 12.4. The average molecular weight is 422 g/mol. The van der Waals surface area contributed by atoms with Crippen molar-refractivity contribution in [3.8, 4) is 0 Å². The van der Waals surface area contributed by atoms with Gasteiger partial charge >= 0.3 is 5.97 Å². The SMILES string of the molecule is CCOC(=O)c1sc2nc(C[NH+]3CCOCC3)nc(NC[C@@H]3CCCO3)c2c1C. The molecule has 29 heavy (non-hydrogen) atoms. The summed E-state index contributed by atoms with van der Waals surface area (Å²) >= 11 is 1.39. The number of thiophene rings is 1. The van der Waals surface area contributed by atoms with E-state index < -0.39 is 0 Å². The molecule has 2 fully saturated rings. The maximum atomic E-state index is 12.4. The molecule has 0 unspecified atom stereocenters. The first-order valence-corrected chi connectivity index (χ1v) is 11.2. The van der Waals surface area contributed by atoms with Crippen molar-refractivity contribution in [1.82, 2.24) is 9.97 Å². The normalized spacial score (nSPS) is 20.3. The summed E-state index contributed by atoms with van der Waals surface area (Å²) < 4.78 is 16.4. The molecule has 0 spiro atoms. The molecule has 4 heterocycles. The minimum atomic E-state index is -0.293. The van der Waals surface area contributed by atoms with E-state index in [1.165, 1.54) is 16.2 Å². The molecule has 2 aliphatic rings. The molecule has 9 heteroatoms. The predicted octanol–water partition coefficient (Wildman–Crippen LogP) is 1.18. The molecule has 2 aliphatic heterocycles. The molecule has 2 N–H and O–H groups in total. The van der Waals surface area contributed by atoms with Gasteiger partial charge in [-0.2, -0.15) is 0 Å². The van der Waals surface area contributed by atoms with E-state index in [0.29, 0.717) is 18.0 Å². The highest BCUT2D eigenvalue weighted by Crippen LogP contribution is 2.34. The monoisotopic (exact) mass is 421 g/mol. The van der Waals surface area contributed by atoms with Crippen molar-refractivity contribution in [2.45, 2.75) is 39.3 Å². The van der Waals surface area contributed by atoms with Crippen LogP contribution >= 0.6 is 11.3 Å². The zero-order valence-electron chi connectivity index (χ0n) is 17.1. The van der Waals surface area contributed by atoms with Gasteiger partial charge in [0.2, 0.25) is 0 Å². The fourth-order valence-electron chi connectivity index (χ4n) is 3.86. The van der Waals surface area contributed by atoms with Gasteiger partial charge in [-0.15, -0.1) is 11.3 Å². The molecule has 2 aromatic rings. The molecule has 0 radical (unpaired) electrons. The number of aromatic nitrogens is 2. The minimum absolute atomic E-state index is 0.205. The summed E-state index contributed by atoms with van der Waals surface area (Å²) in [7, 11) is 0. The molecule has 1 atom stereocenters. The summed E-state index contributed by atoms with van der Waals surface area (Å²) in [6, 6.07) is 0. The van der Waals surface area contributed by atoms with Crippen molar-refractivity contribution in [2.75, 3.05) is 51.4 Å². The van der Waals surface area contributed by atoms with Gasteiger partial charge in [-0.1, -0.05) is 0 Å². The van der Waals surface area contributed by atoms with Crippen LogP contribution in [0.5, 0.6) is 0 Å². The first kappa shape index (κ1) is 20.5. The van der Waals surface area contributed by atoms with E-state index in [9.17, 15) is 4.79 Å². The van der Waals surface area contributed by atoms with Crippen molar-refractivity contribution in [1.29, 1.82) is 0 Å². The number of nitrogens with one attached hydrogen (secondary N) is 2. The largest absolute Gasteiger partial charge is 0.462 e. The molecule has 158 valence electrons. The third kappa shape index (κ3) is 4.69. The van der Waals surface area contributed by atoms with Crippen LogP contribution in [0.15, 0.2) is 0 Å². The van der Waals surface area contributed by atoms with E-state index in [0.717, 1.165) is 79.7 Å². The number of carbonyl (C=O) groups is 1. The third-order valence-electron chi connectivity index (χ3n) is 5.43. The Bertz CT molecular complexity index is 860. The van der Waals surface area contributed by atoms with Crippen LogP contribution in [0.2, 0.25) is 0 Å². The van der Waals surface area contributed by atoms with E-state index in [-0.39, 0.29) is 12.1 Å². The molecule has 0 amide bonds. The molecular formula is C20H29N4O4S+. The van der Waals surface area contributed by atoms with E-state index >= 15 is 0 Å². The van der Waals surface area contributed by atoms with Crippen LogP contribution in [0.4, 0.5) is 5.82 Å². The van der Waals surface area contributed by atoms with E-state index in [4.69, 9.17) is 24.2 Å². The Morgan fingerprint density at radius 3 is 2.86 bits per heavy atom. The lowest BCUT2D eigenvalue weighted by atomic mass is 10.2. The fraction of sp³-hybridized carbons (Fsp3) is 0.650. The first-order chi connectivity index (χ1) is 14.2. The van der Waals surface area contributed by atoms with Gasteiger partial charge in [0.15, 0.2) is 5.82 Å². The Balaban J connectivity index is 1.65. The van der Waals surface area contributed by atoms with Crippen molar-refractivity contribution < 1.29 is 23.9 Å². The highest BCUT2D eigenvalue weighted by atomic mass is 32.1. The van der Waals surface area contributed by atoms with Gasteiger partial charge in [0, 0.05) is 13.2 Å². The van der Waals surface area contributed by atoms with E-state index in [1.807, 2.05) is 13.8 Å². The Labute approximate surface area is 174 Å². The number of ether oxygens (including phenoxy) is 3. The quantitative estimate of drug-likeness (QED) is 0.649. The van der Waals surface area contributed by atoms with Gasteiger partial charge in [0.25, 0.3) is 0 Å². The van der Waals surface area contributed by atoms with E-state index in [2.05, 4.69) is 5.32 Å². The molecule has 0 aliphatic carbocycles. The number of hydrogen-bond acceptors (Lipinski definition) is 8. The van der Waals surface area contributed by atoms with Gasteiger partial charge < -0.3 is 24.4 Å². The summed E-state index contributed by atoms with van der Waals surface area (Å²) in [5.74, 6) is 1.29. The lowest BCUT2D eigenvalue weighted by molar-refractivity contribution is -0.922. The number of anilines is 1. The topological polar surface area (TPSA) is 87.0 Å². The molecule has 0 aromatic carbocycles. The number of fused-ring (bicyclic) bond motifs is 1. The number of esters is 1. The second-order valence-electron chi connectivity index (χ2n) is 7.50. The Kier molecular flexibility index (Phi) is 6.59. The van der Waals surface area contributed by atoms with Crippen LogP contribution in [0.25, 0.3) is 10.2 Å². The lowest BCUT2D eigenvalue weighted by Gasteiger charge is -2.23. The second kappa shape index (κ2) is 9.34. The first-order valence-electron chi connectivity index (χ1n) is 10.4. The molecule has 8 nitrogen and oxygen atoms in total. The number of hydrogen-bond donors (Lipinski definition) is 2. The smallest absolute Gasteiger partial charge is 0.348 e. The Hall–Kier alpha value is -1.81. The summed E-state index contributed by atoms with van der Waals surface area (Å²) in [6.45, 7) is 9.85. The summed E-state index contributed by atoms with van der Waals surface area (Å²) in [5.41, 5.74) is 0.878. The van der Waals surface area contributed by atoms with Crippen LogP contribution in [-0.2, 0) is 20.8 Å². The molecule has 2 saturated heterocycles. The van der Waals surface area contributed by atoms with Crippen LogP contribution in [-0.4, -0.2) is 68.1 Å². The predicted molar refractivity (Wildman–Crippen MR) is 111 cm³/mol. The Morgan fingerprint density at radius 1 is 1.31 bits per heavy atom. The second-order valence-corrected chi connectivity index (χ2v) is 8.50.